The largest absolute Gasteiger partial charge is 0.494 e. The summed E-state index contributed by atoms with van der Waals surface area (Å²) in [5, 5.41) is 12.0. The molecular weight excluding hydrogens is 296 g/mol. The maximum absolute atomic E-state index is 12.4. The van der Waals surface area contributed by atoms with Crippen LogP contribution in [-0.2, 0) is 4.79 Å². The Morgan fingerprint density at radius 1 is 1.39 bits per heavy atom. The number of rotatable bonds is 5. The maximum Gasteiger partial charge on any atom is 0.321 e. The van der Waals surface area contributed by atoms with Crippen LogP contribution >= 0.6 is 0 Å². The van der Waals surface area contributed by atoms with Gasteiger partial charge in [-0.25, -0.2) is 4.79 Å². The van der Waals surface area contributed by atoms with Gasteiger partial charge in [-0.2, -0.15) is 0 Å². The number of aliphatic carboxylic acids is 1. The summed E-state index contributed by atoms with van der Waals surface area (Å²) in [6.45, 7) is 5.44. The number of amides is 2. The molecule has 0 bridgehead atoms. The molecule has 2 unspecified atom stereocenters. The first kappa shape index (κ1) is 17.1. The van der Waals surface area contributed by atoms with E-state index in [9.17, 15) is 14.7 Å². The second-order valence-electron chi connectivity index (χ2n) is 6.09. The molecule has 2 rings (SSSR count). The highest BCUT2D eigenvalue weighted by molar-refractivity contribution is 5.90. The molecule has 23 heavy (non-hydrogen) atoms. The Kier molecular flexibility index (Phi) is 5.84. The summed E-state index contributed by atoms with van der Waals surface area (Å²) in [6.07, 6.45) is 1.53. The molecule has 6 heteroatoms. The number of hydrogen-bond donors (Lipinski definition) is 2. The topological polar surface area (TPSA) is 78.9 Å². The standard InChI is InChI=1S/C17H24N2O4/c1-3-7-23-15-6-4-5-14(9-15)18-17(22)19-10-12(2)8-13(11-19)16(20)21/h4-6,9,12-13H,3,7-8,10-11H2,1-2H3,(H,18,22)(H,20,21). The molecule has 2 N–H and O–H groups in total. The van der Waals surface area contributed by atoms with Crippen molar-refractivity contribution >= 4 is 17.7 Å². The number of benzene rings is 1. The number of urea groups is 1. The van der Waals surface area contributed by atoms with E-state index in [1.807, 2.05) is 26.0 Å². The first-order valence-electron chi connectivity index (χ1n) is 8.01. The van der Waals surface area contributed by atoms with Gasteiger partial charge >= 0.3 is 12.0 Å². The zero-order valence-electron chi connectivity index (χ0n) is 13.6. The first-order valence-corrected chi connectivity index (χ1v) is 8.01. The highest BCUT2D eigenvalue weighted by Crippen LogP contribution is 2.23. The molecule has 1 fully saturated rings. The molecule has 2 atom stereocenters. The van der Waals surface area contributed by atoms with Crippen molar-refractivity contribution in [3.05, 3.63) is 24.3 Å². The average molecular weight is 320 g/mol. The quantitative estimate of drug-likeness (QED) is 0.874. The lowest BCUT2D eigenvalue weighted by Crippen LogP contribution is -2.47. The van der Waals surface area contributed by atoms with Crippen LogP contribution in [0, 0.1) is 11.8 Å². The van der Waals surface area contributed by atoms with Gasteiger partial charge in [0.05, 0.1) is 12.5 Å². The van der Waals surface area contributed by atoms with E-state index >= 15 is 0 Å². The molecule has 1 aromatic rings. The summed E-state index contributed by atoms with van der Waals surface area (Å²) in [6, 6.07) is 6.96. The zero-order valence-corrected chi connectivity index (χ0v) is 13.6. The number of ether oxygens (including phenoxy) is 1. The lowest BCUT2D eigenvalue weighted by atomic mass is 9.91. The number of hydrogen-bond acceptors (Lipinski definition) is 3. The van der Waals surface area contributed by atoms with Crippen LogP contribution in [-0.4, -0.2) is 41.7 Å². The molecule has 1 aliphatic rings. The average Bonchev–Trinajstić information content (AvgIpc) is 2.52. The van der Waals surface area contributed by atoms with Crippen LogP contribution in [0.4, 0.5) is 10.5 Å². The van der Waals surface area contributed by atoms with Gasteiger partial charge in [0.25, 0.3) is 0 Å². The molecule has 1 aromatic carbocycles. The van der Waals surface area contributed by atoms with Crippen LogP contribution in [0.1, 0.15) is 26.7 Å². The molecule has 0 saturated carbocycles. The van der Waals surface area contributed by atoms with E-state index < -0.39 is 11.9 Å². The third-order valence-electron chi connectivity index (χ3n) is 3.85. The third-order valence-corrected chi connectivity index (χ3v) is 3.85. The summed E-state index contributed by atoms with van der Waals surface area (Å²) in [5.74, 6) is -0.456. The number of anilines is 1. The molecule has 0 spiro atoms. The predicted molar refractivity (Wildman–Crippen MR) is 87.7 cm³/mol. The molecule has 1 saturated heterocycles. The molecule has 1 heterocycles. The van der Waals surface area contributed by atoms with Crippen molar-refractivity contribution in [3.63, 3.8) is 0 Å². The van der Waals surface area contributed by atoms with E-state index in [2.05, 4.69) is 5.32 Å². The number of carboxylic acid groups (broad SMARTS) is 1. The fourth-order valence-corrected chi connectivity index (χ4v) is 2.78. The van der Waals surface area contributed by atoms with E-state index in [0.717, 1.165) is 6.42 Å². The SMILES string of the molecule is CCCOc1cccc(NC(=O)N2CC(C)CC(C(=O)O)C2)c1. The van der Waals surface area contributed by atoms with Gasteiger partial charge in [0.1, 0.15) is 5.75 Å². The number of carboxylic acids is 1. The Morgan fingerprint density at radius 3 is 2.87 bits per heavy atom. The van der Waals surface area contributed by atoms with E-state index in [1.165, 1.54) is 0 Å². The highest BCUT2D eigenvalue weighted by atomic mass is 16.5. The maximum atomic E-state index is 12.4. The molecule has 2 amide bonds. The molecule has 1 aliphatic heterocycles. The lowest BCUT2D eigenvalue weighted by Gasteiger charge is -2.34. The molecule has 0 radical (unpaired) electrons. The fraction of sp³-hybridized carbons (Fsp3) is 0.529. The van der Waals surface area contributed by atoms with Crippen molar-refractivity contribution in [1.29, 1.82) is 0 Å². The van der Waals surface area contributed by atoms with E-state index in [4.69, 9.17) is 4.74 Å². The summed E-state index contributed by atoms with van der Waals surface area (Å²) >= 11 is 0. The first-order chi connectivity index (χ1) is 11.0. The summed E-state index contributed by atoms with van der Waals surface area (Å²) in [4.78, 5) is 25.2. The minimum Gasteiger partial charge on any atom is -0.494 e. The van der Waals surface area contributed by atoms with Crippen LogP contribution in [0.2, 0.25) is 0 Å². The summed E-state index contributed by atoms with van der Waals surface area (Å²) in [7, 11) is 0. The Balaban J connectivity index is 1.99. The van der Waals surface area contributed by atoms with Crippen LogP contribution in [0.15, 0.2) is 24.3 Å². The summed E-state index contributed by atoms with van der Waals surface area (Å²) < 4.78 is 5.55. The minimum absolute atomic E-state index is 0.176. The molecular formula is C17H24N2O4. The minimum atomic E-state index is -0.843. The molecule has 0 aromatic heterocycles. The lowest BCUT2D eigenvalue weighted by molar-refractivity contribution is -0.143. The number of carbonyl (C=O) groups excluding carboxylic acids is 1. The van der Waals surface area contributed by atoms with Crippen molar-refractivity contribution in [2.24, 2.45) is 11.8 Å². The van der Waals surface area contributed by atoms with Crippen LogP contribution in [0.25, 0.3) is 0 Å². The highest BCUT2D eigenvalue weighted by Gasteiger charge is 2.31. The molecule has 0 aliphatic carbocycles. The van der Waals surface area contributed by atoms with Crippen LogP contribution < -0.4 is 10.1 Å². The van der Waals surface area contributed by atoms with Gasteiger partial charge in [-0.15, -0.1) is 0 Å². The van der Waals surface area contributed by atoms with Gasteiger partial charge in [0.15, 0.2) is 0 Å². The monoisotopic (exact) mass is 320 g/mol. The molecule has 6 nitrogen and oxygen atoms in total. The van der Waals surface area contributed by atoms with Crippen molar-refractivity contribution < 1.29 is 19.4 Å². The second kappa shape index (κ2) is 7.85. The Bertz CT molecular complexity index is 561. The van der Waals surface area contributed by atoms with E-state index in [-0.39, 0.29) is 18.5 Å². The van der Waals surface area contributed by atoms with Gasteiger partial charge in [0.2, 0.25) is 0 Å². The van der Waals surface area contributed by atoms with Crippen molar-refractivity contribution in [1.82, 2.24) is 4.90 Å². The Hall–Kier alpha value is -2.24. The van der Waals surface area contributed by atoms with Crippen LogP contribution in [0.3, 0.4) is 0 Å². The number of carbonyl (C=O) groups is 2. The number of nitrogens with one attached hydrogen (secondary N) is 1. The normalized spacial score (nSPS) is 20.9. The van der Waals surface area contributed by atoms with Gasteiger partial charge < -0.3 is 20.1 Å². The van der Waals surface area contributed by atoms with Gasteiger partial charge in [-0.05, 0) is 30.9 Å². The number of nitrogens with zero attached hydrogens (tertiary/aromatic N) is 1. The van der Waals surface area contributed by atoms with E-state index in [1.54, 1.807) is 17.0 Å². The molecule has 126 valence electrons. The van der Waals surface area contributed by atoms with E-state index in [0.29, 0.717) is 31.0 Å². The predicted octanol–water partition coefficient (Wildman–Crippen LogP) is 3.05. The van der Waals surface area contributed by atoms with Gasteiger partial charge in [-0.1, -0.05) is 19.9 Å². The summed E-state index contributed by atoms with van der Waals surface area (Å²) in [5.41, 5.74) is 0.647. The fourth-order valence-electron chi connectivity index (χ4n) is 2.78. The van der Waals surface area contributed by atoms with Crippen molar-refractivity contribution in [2.45, 2.75) is 26.7 Å². The number of likely N-dealkylation sites (tertiary alicyclic amines) is 1. The third kappa shape index (κ3) is 4.87. The Labute approximate surface area is 136 Å². The Morgan fingerprint density at radius 2 is 2.17 bits per heavy atom. The van der Waals surface area contributed by atoms with Crippen molar-refractivity contribution in [3.8, 4) is 5.75 Å². The number of piperidine rings is 1. The second-order valence-corrected chi connectivity index (χ2v) is 6.09. The van der Waals surface area contributed by atoms with Gasteiger partial charge in [-0.3, -0.25) is 4.79 Å². The van der Waals surface area contributed by atoms with Crippen LogP contribution in [0.5, 0.6) is 5.75 Å². The smallest absolute Gasteiger partial charge is 0.321 e. The van der Waals surface area contributed by atoms with Gasteiger partial charge in [0, 0.05) is 24.8 Å². The van der Waals surface area contributed by atoms with Crippen molar-refractivity contribution in [2.75, 3.05) is 25.0 Å². The zero-order chi connectivity index (χ0) is 16.8.